The molecule has 2 saturated heterocycles. The van der Waals surface area contributed by atoms with E-state index in [9.17, 15) is 19.8 Å². The maximum atomic E-state index is 14.2. The molecule has 0 radical (unpaired) electrons. The third-order valence-electron chi connectivity index (χ3n) is 11.5. The summed E-state index contributed by atoms with van der Waals surface area (Å²) >= 11 is 0. The molecule has 248 valence electrons. The average molecular weight is 654 g/mol. The van der Waals surface area contributed by atoms with E-state index in [4.69, 9.17) is 9.16 Å². The zero-order valence-corrected chi connectivity index (χ0v) is 28.7. The molecule has 4 aliphatic rings. The Hall–Kier alpha value is -3.30. The molecule has 8 heteroatoms. The second-order valence-electron chi connectivity index (χ2n) is 15.2. The van der Waals surface area contributed by atoms with Gasteiger partial charge in [0.05, 0.1) is 17.9 Å². The number of phenolic OH excluding ortho intramolecular Hbond substituents is 1. The van der Waals surface area contributed by atoms with E-state index < -0.39 is 43.9 Å². The average Bonchev–Trinajstić information content (AvgIpc) is 3.55. The maximum absolute atomic E-state index is 14.2. The highest BCUT2D eigenvalue weighted by molar-refractivity contribution is 6.99. The number of aliphatic hydroxyl groups is 1. The van der Waals surface area contributed by atoms with Crippen LogP contribution in [0.15, 0.2) is 84.9 Å². The van der Waals surface area contributed by atoms with E-state index >= 15 is 0 Å². The Kier molecular flexibility index (Phi) is 8.44. The van der Waals surface area contributed by atoms with Gasteiger partial charge in [-0.1, -0.05) is 113 Å². The Bertz CT molecular complexity index is 1550. The zero-order valence-electron chi connectivity index (χ0n) is 27.7. The molecule has 2 amide bonds. The first-order valence-electron chi connectivity index (χ1n) is 17.4. The van der Waals surface area contributed by atoms with Crippen molar-refractivity contribution in [2.45, 2.75) is 88.7 Å². The Morgan fingerprint density at radius 3 is 2.02 bits per heavy atom. The number of rotatable bonds is 7. The third kappa shape index (κ3) is 5.38. The highest BCUT2D eigenvalue weighted by atomic mass is 28.4. The summed E-state index contributed by atoms with van der Waals surface area (Å²) in [6.07, 6.45) is 5.12. The predicted molar refractivity (Wildman–Crippen MR) is 182 cm³/mol. The fourth-order valence-corrected chi connectivity index (χ4v) is 13.9. The zero-order chi connectivity index (χ0) is 33.0. The van der Waals surface area contributed by atoms with E-state index in [1.165, 1.54) is 0 Å². The maximum Gasteiger partial charge on any atom is 0.261 e. The number of likely N-dealkylation sites (tertiary alicyclic amines) is 1. The number of carbonyl (C=O) groups is 2. The van der Waals surface area contributed by atoms with Crippen molar-refractivity contribution in [2.24, 2.45) is 23.7 Å². The summed E-state index contributed by atoms with van der Waals surface area (Å²) in [7, 11) is -2.96. The minimum atomic E-state index is -2.96. The van der Waals surface area contributed by atoms with Crippen LogP contribution in [0.2, 0.25) is 5.04 Å². The van der Waals surface area contributed by atoms with Gasteiger partial charge in [0, 0.05) is 24.5 Å². The smallest absolute Gasteiger partial charge is 0.261 e. The van der Waals surface area contributed by atoms with Gasteiger partial charge in [-0.25, -0.2) is 0 Å². The standard InChI is InChI=1S/C39H47NO6Si/c1-38(2,3)47(30-15-9-5-10-16-30,31-17-11-6-12-18-31)45-25-27-23-32-35(37(43)40(36(32)42)28-13-7-4-8-14-28)33-24-34(46-39(27,33)44)26-19-21-29(41)22-20-26/h5-6,9-12,15-22,27-28,32-35,41,44H,4,7-8,13-14,23-25H2,1-3H3/t27-,32+,33+,34+,35+,39-/m1/s1. The lowest BCUT2D eigenvalue weighted by atomic mass is 9.64. The summed E-state index contributed by atoms with van der Waals surface area (Å²) in [6.45, 7) is 6.86. The first kappa shape index (κ1) is 32.3. The van der Waals surface area contributed by atoms with Crippen LogP contribution in [0.1, 0.15) is 77.4 Å². The third-order valence-corrected chi connectivity index (χ3v) is 16.5. The van der Waals surface area contributed by atoms with Gasteiger partial charge in [-0.2, -0.15) is 0 Å². The van der Waals surface area contributed by atoms with Crippen LogP contribution in [0, 0.1) is 23.7 Å². The Balaban J connectivity index is 1.28. The van der Waals surface area contributed by atoms with E-state index in [2.05, 4.69) is 69.3 Å². The fraction of sp³-hybridized carbons (Fsp3) is 0.487. The largest absolute Gasteiger partial charge is 0.508 e. The van der Waals surface area contributed by atoms with Gasteiger partial charge in [0.1, 0.15) is 5.75 Å². The lowest BCUT2D eigenvalue weighted by Crippen LogP contribution is -2.67. The lowest BCUT2D eigenvalue weighted by molar-refractivity contribution is -0.273. The number of ether oxygens (including phenoxy) is 1. The van der Waals surface area contributed by atoms with Crippen LogP contribution in [0.25, 0.3) is 0 Å². The molecule has 0 aromatic heterocycles. The molecular formula is C39H47NO6Si. The van der Waals surface area contributed by atoms with Crippen molar-refractivity contribution in [3.63, 3.8) is 0 Å². The lowest BCUT2D eigenvalue weighted by Gasteiger charge is -2.48. The van der Waals surface area contributed by atoms with E-state index in [-0.39, 0.29) is 35.3 Å². The molecule has 0 spiro atoms. The Morgan fingerprint density at radius 1 is 0.851 bits per heavy atom. The minimum absolute atomic E-state index is 0.0653. The Labute approximate surface area is 279 Å². The number of imide groups is 1. The van der Waals surface area contributed by atoms with Crippen molar-refractivity contribution in [2.75, 3.05) is 6.61 Å². The summed E-state index contributed by atoms with van der Waals surface area (Å²) in [5.41, 5.74) is 0.828. The van der Waals surface area contributed by atoms with Gasteiger partial charge in [-0.3, -0.25) is 14.5 Å². The van der Waals surface area contributed by atoms with Gasteiger partial charge < -0.3 is 19.4 Å². The van der Waals surface area contributed by atoms with E-state index in [1.54, 1.807) is 17.0 Å². The number of hydrogen-bond acceptors (Lipinski definition) is 6. The summed E-state index contributed by atoms with van der Waals surface area (Å²) in [5, 5.41) is 24.7. The molecule has 2 saturated carbocycles. The molecule has 2 heterocycles. The van der Waals surface area contributed by atoms with Crippen LogP contribution in [-0.2, 0) is 18.8 Å². The molecule has 6 atom stereocenters. The van der Waals surface area contributed by atoms with Crippen molar-refractivity contribution < 1.29 is 29.0 Å². The van der Waals surface area contributed by atoms with Crippen molar-refractivity contribution in [1.82, 2.24) is 4.90 Å². The van der Waals surface area contributed by atoms with Crippen LogP contribution in [-0.4, -0.2) is 53.7 Å². The molecule has 0 unspecified atom stereocenters. The molecule has 7 nitrogen and oxygen atoms in total. The fourth-order valence-electron chi connectivity index (χ4n) is 9.28. The number of fused-ring (bicyclic) bond motifs is 3. The van der Waals surface area contributed by atoms with Gasteiger partial charge in [-0.15, -0.1) is 0 Å². The summed E-state index contributed by atoms with van der Waals surface area (Å²) in [5.74, 6) is -3.95. The van der Waals surface area contributed by atoms with Gasteiger partial charge in [0.2, 0.25) is 11.8 Å². The normalized spacial score (nSPS) is 30.0. The molecule has 3 aromatic rings. The molecule has 7 rings (SSSR count). The number of carbonyl (C=O) groups excluding carboxylic acids is 2. The van der Waals surface area contributed by atoms with Crippen LogP contribution in [0.3, 0.4) is 0 Å². The van der Waals surface area contributed by atoms with Crippen LogP contribution < -0.4 is 10.4 Å². The van der Waals surface area contributed by atoms with E-state index in [0.29, 0.717) is 12.8 Å². The second kappa shape index (κ2) is 12.3. The van der Waals surface area contributed by atoms with Crippen molar-refractivity contribution in [3.8, 4) is 5.75 Å². The van der Waals surface area contributed by atoms with Gasteiger partial charge in [0.15, 0.2) is 5.79 Å². The number of aromatic hydroxyl groups is 1. The number of amides is 2. The van der Waals surface area contributed by atoms with Crippen LogP contribution in [0.5, 0.6) is 5.75 Å². The summed E-state index contributed by atoms with van der Waals surface area (Å²) in [6, 6.07) is 27.6. The highest BCUT2D eigenvalue weighted by Crippen LogP contribution is 2.59. The van der Waals surface area contributed by atoms with Crippen molar-refractivity contribution in [3.05, 3.63) is 90.5 Å². The molecule has 4 fully saturated rings. The Morgan fingerprint density at radius 2 is 1.45 bits per heavy atom. The second-order valence-corrected chi connectivity index (χ2v) is 19.5. The first-order valence-corrected chi connectivity index (χ1v) is 19.3. The quantitative estimate of drug-likeness (QED) is 0.251. The highest BCUT2D eigenvalue weighted by Gasteiger charge is 2.67. The van der Waals surface area contributed by atoms with E-state index in [1.807, 2.05) is 24.3 Å². The monoisotopic (exact) mass is 653 g/mol. The van der Waals surface area contributed by atoms with Gasteiger partial charge in [0.25, 0.3) is 8.32 Å². The molecule has 0 bridgehead atoms. The number of phenols is 1. The van der Waals surface area contributed by atoms with Gasteiger partial charge in [-0.05, 0) is 58.8 Å². The molecule has 2 aliphatic carbocycles. The first-order chi connectivity index (χ1) is 22.5. The topological polar surface area (TPSA) is 96.3 Å². The van der Waals surface area contributed by atoms with Gasteiger partial charge >= 0.3 is 0 Å². The predicted octanol–water partition coefficient (Wildman–Crippen LogP) is 5.69. The van der Waals surface area contributed by atoms with Crippen molar-refractivity contribution >= 4 is 30.5 Å². The van der Waals surface area contributed by atoms with Crippen molar-refractivity contribution in [1.29, 1.82) is 0 Å². The van der Waals surface area contributed by atoms with E-state index in [0.717, 1.165) is 48.0 Å². The molecule has 2 N–H and O–H groups in total. The molecule has 3 aromatic carbocycles. The van der Waals surface area contributed by atoms with Crippen LogP contribution >= 0.6 is 0 Å². The molecule has 2 aliphatic heterocycles. The number of nitrogens with zero attached hydrogens (tertiary/aromatic N) is 1. The van der Waals surface area contributed by atoms with Crippen LogP contribution in [0.4, 0.5) is 0 Å². The SMILES string of the molecule is CC(C)(C)[Si](OC[C@H]1C[C@@H]2C(=O)N(C3CCCCC3)C(=O)[C@@H]2[C@@H]2C[C@@H](c3ccc(O)cc3)O[C@]12O)(c1ccccc1)c1ccccc1. The minimum Gasteiger partial charge on any atom is -0.508 e. The molecule has 47 heavy (non-hydrogen) atoms. The summed E-state index contributed by atoms with van der Waals surface area (Å²) < 4.78 is 14.0. The number of benzene rings is 3. The summed E-state index contributed by atoms with van der Waals surface area (Å²) in [4.78, 5) is 30.0. The molecular weight excluding hydrogens is 607 g/mol. The number of hydrogen-bond donors (Lipinski definition) is 2.